The number of aryl methyl sites for hydroxylation is 3. The molecular weight excluding hydrogens is 396 g/mol. The molecule has 0 radical (unpaired) electrons. The molecule has 0 unspecified atom stereocenters. The number of ether oxygens (including phenoxy) is 1. The van der Waals surface area contributed by atoms with Gasteiger partial charge in [0.05, 0.1) is 6.61 Å². The predicted molar refractivity (Wildman–Crippen MR) is 121 cm³/mol. The molecule has 1 aliphatic heterocycles. The Labute approximate surface area is 180 Å². The molecule has 1 saturated heterocycles. The molecule has 0 saturated carbocycles. The number of H-pyrrole nitrogens is 1. The summed E-state index contributed by atoms with van der Waals surface area (Å²) in [5.41, 5.74) is 3.89. The van der Waals surface area contributed by atoms with E-state index in [1.165, 1.54) is 21.3 Å². The van der Waals surface area contributed by atoms with E-state index in [4.69, 9.17) is 9.72 Å². The van der Waals surface area contributed by atoms with E-state index in [2.05, 4.69) is 46.8 Å². The number of anilines is 1. The summed E-state index contributed by atoms with van der Waals surface area (Å²) in [6.07, 6.45) is 0. The highest BCUT2D eigenvalue weighted by molar-refractivity contribution is 5.74. The molecule has 3 aromatic rings. The van der Waals surface area contributed by atoms with Gasteiger partial charge in [-0.15, -0.1) is 0 Å². The molecule has 9 heteroatoms. The summed E-state index contributed by atoms with van der Waals surface area (Å²) in [6.45, 7) is 9.55. The van der Waals surface area contributed by atoms with Gasteiger partial charge < -0.3 is 14.2 Å². The summed E-state index contributed by atoms with van der Waals surface area (Å²) >= 11 is 0. The van der Waals surface area contributed by atoms with Crippen LogP contribution in [-0.2, 0) is 24.9 Å². The quantitative estimate of drug-likeness (QED) is 0.633. The van der Waals surface area contributed by atoms with Gasteiger partial charge in [0, 0.05) is 53.4 Å². The Morgan fingerprint density at radius 3 is 2.58 bits per heavy atom. The number of piperazine rings is 1. The Balaban J connectivity index is 1.59. The molecule has 0 spiro atoms. The molecule has 0 aliphatic carbocycles. The van der Waals surface area contributed by atoms with Crippen molar-refractivity contribution in [3.8, 4) is 0 Å². The Morgan fingerprint density at radius 1 is 1.13 bits per heavy atom. The maximum atomic E-state index is 12.5. The van der Waals surface area contributed by atoms with Gasteiger partial charge in [0.2, 0.25) is 5.95 Å². The largest absolute Gasteiger partial charge is 0.383 e. The fraction of sp³-hybridized carbons (Fsp3) is 0.500. The molecule has 1 aliphatic rings. The molecule has 4 rings (SSSR count). The van der Waals surface area contributed by atoms with Crippen LogP contribution in [0.15, 0.2) is 27.8 Å². The molecule has 2 aromatic heterocycles. The highest BCUT2D eigenvalue weighted by atomic mass is 16.5. The normalized spacial score (nSPS) is 15.2. The monoisotopic (exact) mass is 426 g/mol. The molecule has 0 amide bonds. The highest BCUT2D eigenvalue weighted by Crippen LogP contribution is 2.22. The van der Waals surface area contributed by atoms with Crippen molar-refractivity contribution in [1.29, 1.82) is 0 Å². The van der Waals surface area contributed by atoms with Gasteiger partial charge in [0.25, 0.3) is 5.56 Å². The molecule has 1 fully saturated rings. The van der Waals surface area contributed by atoms with Gasteiger partial charge in [-0.2, -0.15) is 4.98 Å². The number of nitrogens with zero attached hydrogens (tertiary/aromatic N) is 5. The standard InChI is InChI=1S/C22H30N6O3/c1-15-5-6-16(2)17(13-15)14-26-7-9-27(10-8-26)21-23-19-18(28(21)11-12-31-4)20(29)24-22(30)25(19)3/h5-6,13H,7-12,14H2,1-4H3,(H,24,29,30). The minimum Gasteiger partial charge on any atom is -0.383 e. The lowest BCUT2D eigenvalue weighted by Crippen LogP contribution is -2.47. The van der Waals surface area contributed by atoms with E-state index in [-0.39, 0.29) is 0 Å². The van der Waals surface area contributed by atoms with Gasteiger partial charge in [-0.1, -0.05) is 23.8 Å². The lowest BCUT2D eigenvalue weighted by atomic mass is 10.0. The third-order valence-electron chi connectivity index (χ3n) is 6.06. The number of nitrogens with one attached hydrogen (secondary N) is 1. The maximum absolute atomic E-state index is 12.5. The Kier molecular flexibility index (Phi) is 5.97. The number of fused-ring (bicyclic) bond motifs is 1. The Morgan fingerprint density at radius 2 is 1.87 bits per heavy atom. The zero-order valence-electron chi connectivity index (χ0n) is 18.6. The third-order valence-corrected chi connectivity index (χ3v) is 6.06. The molecule has 1 aromatic carbocycles. The van der Waals surface area contributed by atoms with E-state index < -0.39 is 11.2 Å². The first-order valence-corrected chi connectivity index (χ1v) is 10.6. The molecule has 166 valence electrons. The van der Waals surface area contributed by atoms with Crippen molar-refractivity contribution < 1.29 is 4.74 Å². The number of hydrogen-bond acceptors (Lipinski definition) is 6. The van der Waals surface area contributed by atoms with Crippen LogP contribution in [0, 0.1) is 13.8 Å². The number of methoxy groups -OCH3 is 1. The van der Waals surface area contributed by atoms with E-state index in [9.17, 15) is 9.59 Å². The molecule has 0 atom stereocenters. The molecular formula is C22H30N6O3. The molecule has 9 nitrogen and oxygen atoms in total. The summed E-state index contributed by atoms with van der Waals surface area (Å²) in [7, 11) is 3.25. The number of aromatic amines is 1. The lowest BCUT2D eigenvalue weighted by molar-refractivity contribution is 0.188. The van der Waals surface area contributed by atoms with E-state index in [1.807, 2.05) is 4.57 Å². The van der Waals surface area contributed by atoms with Crippen molar-refractivity contribution in [2.45, 2.75) is 26.9 Å². The zero-order valence-corrected chi connectivity index (χ0v) is 18.6. The predicted octanol–water partition coefficient (Wildman–Crippen LogP) is 1.01. The first-order valence-electron chi connectivity index (χ1n) is 10.6. The summed E-state index contributed by atoms with van der Waals surface area (Å²) in [4.78, 5) is 36.3. The van der Waals surface area contributed by atoms with Gasteiger partial charge >= 0.3 is 5.69 Å². The lowest BCUT2D eigenvalue weighted by Gasteiger charge is -2.35. The van der Waals surface area contributed by atoms with E-state index in [0.29, 0.717) is 30.3 Å². The minimum absolute atomic E-state index is 0.401. The van der Waals surface area contributed by atoms with Crippen molar-refractivity contribution in [2.75, 3.05) is 44.8 Å². The van der Waals surface area contributed by atoms with Crippen LogP contribution in [0.2, 0.25) is 0 Å². The minimum atomic E-state index is -0.459. The van der Waals surface area contributed by atoms with Gasteiger partial charge in [0.1, 0.15) is 0 Å². The van der Waals surface area contributed by atoms with Crippen LogP contribution in [0.3, 0.4) is 0 Å². The maximum Gasteiger partial charge on any atom is 0.329 e. The summed E-state index contributed by atoms with van der Waals surface area (Å²) in [5.74, 6) is 0.713. The average molecular weight is 427 g/mol. The van der Waals surface area contributed by atoms with Crippen molar-refractivity contribution in [2.24, 2.45) is 7.05 Å². The van der Waals surface area contributed by atoms with Crippen LogP contribution < -0.4 is 16.1 Å². The average Bonchev–Trinajstić information content (AvgIpc) is 3.14. The Hall–Kier alpha value is -2.91. The van der Waals surface area contributed by atoms with Gasteiger partial charge in [-0.05, 0) is 25.0 Å². The second-order valence-corrected chi connectivity index (χ2v) is 8.24. The van der Waals surface area contributed by atoms with Crippen LogP contribution in [0.4, 0.5) is 5.95 Å². The third kappa shape index (κ3) is 4.15. The second kappa shape index (κ2) is 8.68. The molecule has 0 bridgehead atoms. The number of aromatic nitrogens is 4. The van der Waals surface area contributed by atoms with Crippen molar-refractivity contribution in [1.82, 2.24) is 24.0 Å². The summed E-state index contributed by atoms with van der Waals surface area (Å²) in [5, 5.41) is 0. The van der Waals surface area contributed by atoms with E-state index >= 15 is 0 Å². The number of hydrogen-bond donors (Lipinski definition) is 1. The molecule has 31 heavy (non-hydrogen) atoms. The second-order valence-electron chi connectivity index (χ2n) is 8.24. The summed E-state index contributed by atoms with van der Waals surface area (Å²) in [6, 6.07) is 6.59. The Bertz CT molecular complexity index is 1200. The van der Waals surface area contributed by atoms with E-state index in [1.54, 1.807) is 14.2 Å². The molecule has 3 heterocycles. The van der Waals surface area contributed by atoms with Crippen LogP contribution in [0.25, 0.3) is 11.2 Å². The van der Waals surface area contributed by atoms with Crippen molar-refractivity contribution >= 4 is 17.1 Å². The number of imidazole rings is 1. The molecule has 1 N–H and O–H groups in total. The van der Waals surface area contributed by atoms with Crippen LogP contribution >= 0.6 is 0 Å². The number of benzene rings is 1. The van der Waals surface area contributed by atoms with Gasteiger partial charge in [-0.3, -0.25) is 19.2 Å². The van der Waals surface area contributed by atoms with Crippen molar-refractivity contribution in [3.05, 3.63) is 55.7 Å². The highest BCUT2D eigenvalue weighted by Gasteiger charge is 2.25. The fourth-order valence-electron chi connectivity index (χ4n) is 4.18. The smallest absolute Gasteiger partial charge is 0.329 e. The fourth-order valence-corrected chi connectivity index (χ4v) is 4.18. The number of rotatable bonds is 6. The summed E-state index contributed by atoms with van der Waals surface area (Å²) < 4.78 is 8.51. The zero-order chi connectivity index (χ0) is 22.1. The van der Waals surface area contributed by atoms with Crippen molar-refractivity contribution in [3.63, 3.8) is 0 Å². The topological polar surface area (TPSA) is 88.4 Å². The van der Waals surface area contributed by atoms with Crippen LogP contribution in [0.5, 0.6) is 0 Å². The van der Waals surface area contributed by atoms with E-state index in [0.717, 1.165) is 32.7 Å². The first-order chi connectivity index (χ1) is 14.9. The SMILES string of the molecule is COCCn1c(N2CCN(Cc3cc(C)ccc3C)CC2)nc2c1c(=O)[nH]c(=O)n2C. The van der Waals surface area contributed by atoms with Gasteiger partial charge in [0.15, 0.2) is 11.2 Å². The van der Waals surface area contributed by atoms with Gasteiger partial charge in [-0.25, -0.2) is 4.79 Å². The van der Waals surface area contributed by atoms with Crippen LogP contribution in [0.1, 0.15) is 16.7 Å². The van der Waals surface area contributed by atoms with Crippen LogP contribution in [-0.4, -0.2) is 63.9 Å². The first kappa shape index (κ1) is 21.3.